The first kappa shape index (κ1) is 11.2. The lowest BCUT2D eigenvalue weighted by Crippen LogP contribution is -1.95. The molecule has 0 fully saturated rings. The normalized spacial score (nSPS) is 10.0. The molecule has 1 heterocycles. The highest BCUT2D eigenvalue weighted by atomic mass is 19.1. The third-order valence-corrected chi connectivity index (χ3v) is 2.24. The maximum atomic E-state index is 13.2. The molecule has 0 unspecified atom stereocenters. The maximum Gasteiger partial charge on any atom is 0.170 e. The minimum atomic E-state index is -0.387. The molecular formula is C12H9FN2O2. The van der Waals surface area contributed by atoms with E-state index in [9.17, 15) is 9.18 Å². The summed E-state index contributed by atoms with van der Waals surface area (Å²) in [5.74, 6) is 0.113. The molecule has 0 saturated carbocycles. The van der Waals surface area contributed by atoms with Crippen molar-refractivity contribution < 1.29 is 13.9 Å². The number of rotatable bonds is 3. The lowest BCUT2D eigenvalue weighted by atomic mass is 10.1. The summed E-state index contributed by atoms with van der Waals surface area (Å²) in [4.78, 5) is 10.4. The van der Waals surface area contributed by atoms with E-state index in [1.54, 1.807) is 6.07 Å². The number of carbonyl (C=O) groups is 1. The number of nitrogens with zero attached hydrogens (tertiary/aromatic N) is 2. The largest absolute Gasteiger partial charge is 0.496 e. The molecule has 0 atom stereocenters. The Morgan fingerprint density at radius 3 is 2.65 bits per heavy atom. The van der Waals surface area contributed by atoms with Gasteiger partial charge in [0.25, 0.3) is 0 Å². The van der Waals surface area contributed by atoms with E-state index in [-0.39, 0.29) is 11.5 Å². The molecular weight excluding hydrogens is 223 g/mol. The van der Waals surface area contributed by atoms with Crippen LogP contribution in [0.1, 0.15) is 10.5 Å². The Kier molecular flexibility index (Phi) is 3.09. The average molecular weight is 232 g/mol. The van der Waals surface area contributed by atoms with Gasteiger partial charge in [-0.15, -0.1) is 10.2 Å². The molecule has 0 radical (unpaired) electrons. The van der Waals surface area contributed by atoms with Crippen LogP contribution >= 0.6 is 0 Å². The van der Waals surface area contributed by atoms with Gasteiger partial charge < -0.3 is 4.74 Å². The molecule has 0 aliphatic carbocycles. The Labute approximate surface area is 97.1 Å². The molecule has 1 aromatic carbocycles. The molecule has 0 saturated heterocycles. The predicted octanol–water partition coefficient (Wildman–Crippen LogP) is 2.10. The van der Waals surface area contributed by atoms with E-state index in [1.165, 1.54) is 31.4 Å². The predicted molar refractivity (Wildman–Crippen MR) is 59.4 cm³/mol. The Balaban J connectivity index is 2.50. The monoisotopic (exact) mass is 232 g/mol. The fraction of sp³-hybridized carbons (Fsp3) is 0.0833. The zero-order chi connectivity index (χ0) is 12.3. The van der Waals surface area contributed by atoms with Crippen LogP contribution in [0.15, 0.2) is 30.3 Å². The van der Waals surface area contributed by atoms with Crippen molar-refractivity contribution in [1.29, 1.82) is 0 Å². The van der Waals surface area contributed by atoms with Crippen molar-refractivity contribution in [3.63, 3.8) is 0 Å². The van der Waals surface area contributed by atoms with Gasteiger partial charge in [-0.25, -0.2) is 4.39 Å². The lowest BCUT2D eigenvalue weighted by molar-refractivity contribution is 0.111. The fourth-order valence-corrected chi connectivity index (χ4v) is 1.43. The van der Waals surface area contributed by atoms with Crippen LogP contribution in [0.25, 0.3) is 11.3 Å². The van der Waals surface area contributed by atoms with Crippen LogP contribution in [0.3, 0.4) is 0 Å². The first-order valence-electron chi connectivity index (χ1n) is 4.87. The van der Waals surface area contributed by atoms with Gasteiger partial charge in [0.1, 0.15) is 17.3 Å². The van der Waals surface area contributed by atoms with Gasteiger partial charge in [0.15, 0.2) is 6.29 Å². The number of ether oxygens (including phenoxy) is 1. The van der Waals surface area contributed by atoms with E-state index in [0.717, 1.165) is 0 Å². The number of halogens is 1. The first-order valence-corrected chi connectivity index (χ1v) is 4.87. The standard InChI is InChI=1S/C12H9FN2O2/c1-17-12-5-2-8(13)6-10(12)11-4-3-9(7-16)14-15-11/h2-7H,1H3. The summed E-state index contributed by atoms with van der Waals surface area (Å²) in [6.07, 6.45) is 0.597. The topological polar surface area (TPSA) is 52.1 Å². The molecule has 4 nitrogen and oxygen atoms in total. The molecule has 0 spiro atoms. The van der Waals surface area contributed by atoms with Crippen LogP contribution in [0.2, 0.25) is 0 Å². The summed E-state index contributed by atoms with van der Waals surface area (Å²) in [7, 11) is 1.49. The Morgan fingerprint density at radius 1 is 1.24 bits per heavy atom. The second-order valence-corrected chi connectivity index (χ2v) is 3.31. The van der Waals surface area contributed by atoms with Crippen LogP contribution in [0.5, 0.6) is 5.75 Å². The van der Waals surface area contributed by atoms with Gasteiger partial charge in [-0.3, -0.25) is 4.79 Å². The lowest BCUT2D eigenvalue weighted by Gasteiger charge is -2.07. The van der Waals surface area contributed by atoms with Gasteiger partial charge >= 0.3 is 0 Å². The number of carbonyl (C=O) groups excluding carboxylic acids is 1. The van der Waals surface area contributed by atoms with E-state index in [1.807, 2.05) is 0 Å². The van der Waals surface area contributed by atoms with E-state index in [0.29, 0.717) is 23.3 Å². The Bertz CT molecular complexity index is 541. The fourth-order valence-electron chi connectivity index (χ4n) is 1.43. The first-order chi connectivity index (χ1) is 8.24. The van der Waals surface area contributed by atoms with E-state index in [4.69, 9.17) is 4.74 Å². The number of benzene rings is 1. The van der Waals surface area contributed by atoms with Crippen molar-refractivity contribution in [3.05, 3.63) is 41.8 Å². The molecule has 2 aromatic rings. The molecule has 0 aliphatic heterocycles. The van der Waals surface area contributed by atoms with Gasteiger partial charge in [0.05, 0.1) is 12.8 Å². The summed E-state index contributed by atoms with van der Waals surface area (Å²) < 4.78 is 18.3. The SMILES string of the molecule is COc1ccc(F)cc1-c1ccc(C=O)nn1. The van der Waals surface area contributed by atoms with Crippen LogP contribution in [-0.4, -0.2) is 23.6 Å². The number of hydrogen-bond donors (Lipinski definition) is 0. The molecule has 17 heavy (non-hydrogen) atoms. The summed E-state index contributed by atoms with van der Waals surface area (Å²) >= 11 is 0. The van der Waals surface area contributed by atoms with Crippen LogP contribution in [0.4, 0.5) is 4.39 Å². The highest BCUT2D eigenvalue weighted by Gasteiger charge is 2.09. The van der Waals surface area contributed by atoms with Crippen LogP contribution in [-0.2, 0) is 0 Å². The van der Waals surface area contributed by atoms with Gasteiger partial charge in [-0.05, 0) is 30.3 Å². The molecule has 0 bridgehead atoms. The molecule has 0 N–H and O–H groups in total. The van der Waals surface area contributed by atoms with Crippen molar-refractivity contribution in [2.45, 2.75) is 0 Å². The minimum Gasteiger partial charge on any atom is -0.496 e. The van der Waals surface area contributed by atoms with Crippen LogP contribution in [0, 0.1) is 5.82 Å². The smallest absolute Gasteiger partial charge is 0.170 e. The minimum absolute atomic E-state index is 0.226. The van der Waals surface area contributed by atoms with Crippen molar-refractivity contribution in [2.24, 2.45) is 0 Å². The number of aldehydes is 1. The van der Waals surface area contributed by atoms with Gasteiger partial charge in [0, 0.05) is 5.56 Å². The third kappa shape index (κ3) is 2.28. The van der Waals surface area contributed by atoms with Gasteiger partial charge in [0.2, 0.25) is 0 Å². The van der Waals surface area contributed by atoms with Crippen molar-refractivity contribution in [2.75, 3.05) is 7.11 Å². The van der Waals surface area contributed by atoms with Crippen LogP contribution < -0.4 is 4.74 Å². The summed E-state index contributed by atoms with van der Waals surface area (Å²) in [6.45, 7) is 0. The zero-order valence-electron chi connectivity index (χ0n) is 9.05. The summed E-state index contributed by atoms with van der Waals surface area (Å²) in [6, 6.07) is 7.23. The van der Waals surface area contributed by atoms with Crippen molar-refractivity contribution in [1.82, 2.24) is 10.2 Å². The molecule has 2 rings (SSSR count). The second kappa shape index (κ2) is 4.69. The number of methoxy groups -OCH3 is 1. The molecule has 1 aromatic heterocycles. The molecule has 86 valence electrons. The molecule has 0 aliphatic rings. The van der Waals surface area contributed by atoms with Gasteiger partial charge in [-0.2, -0.15) is 0 Å². The average Bonchev–Trinajstić information content (AvgIpc) is 2.39. The summed E-state index contributed by atoms with van der Waals surface area (Å²) in [5, 5.41) is 7.52. The third-order valence-electron chi connectivity index (χ3n) is 2.24. The molecule has 0 amide bonds. The maximum absolute atomic E-state index is 13.2. The number of hydrogen-bond acceptors (Lipinski definition) is 4. The van der Waals surface area contributed by atoms with E-state index >= 15 is 0 Å². The molecule has 5 heteroatoms. The van der Waals surface area contributed by atoms with Crippen molar-refractivity contribution in [3.8, 4) is 17.0 Å². The summed E-state index contributed by atoms with van der Waals surface area (Å²) in [5.41, 5.74) is 1.17. The zero-order valence-corrected chi connectivity index (χ0v) is 9.05. The Morgan fingerprint density at radius 2 is 2.06 bits per heavy atom. The van der Waals surface area contributed by atoms with Gasteiger partial charge in [-0.1, -0.05) is 0 Å². The highest BCUT2D eigenvalue weighted by molar-refractivity contribution is 5.73. The van der Waals surface area contributed by atoms with E-state index < -0.39 is 0 Å². The van der Waals surface area contributed by atoms with E-state index in [2.05, 4.69) is 10.2 Å². The highest BCUT2D eigenvalue weighted by Crippen LogP contribution is 2.28. The second-order valence-electron chi connectivity index (χ2n) is 3.31. The number of aromatic nitrogens is 2. The Hall–Kier alpha value is -2.30. The quantitative estimate of drug-likeness (QED) is 0.760. The van der Waals surface area contributed by atoms with Crippen molar-refractivity contribution >= 4 is 6.29 Å².